The van der Waals surface area contributed by atoms with Crippen LogP contribution in [0.2, 0.25) is 10.0 Å². The maximum atomic E-state index is 11.8. The first-order valence-electron chi connectivity index (χ1n) is 5.42. The molecule has 0 aromatic heterocycles. The van der Waals surface area contributed by atoms with Crippen LogP contribution in [0.1, 0.15) is 24.8 Å². The van der Waals surface area contributed by atoms with Gasteiger partial charge in [0.25, 0.3) is 0 Å². The number of ether oxygens (including phenoxy) is 2. The molecule has 0 saturated heterocycles. The van der Waals surface area contributed by atoms with Gasteiger partial charge in [0, 0.05) is 10.6 Å². The average molecular weight is 275 g/mol. The molecule has 1 aliphatic heterocycles. The van der Waals surface area contributed by atoms with Crippen LogP contribution < -0.4 is 4.74 Å². The summed E-state index contributed by atoms with van der Waals surface area (Å²) in [6.07, 6.45) is 0.586. The van der Waals surface area contributed by atoms with Gasteiger partial charge in [-0.15, -0.1) is 0 Å². The summed E-state index contributed by atoms with van der Waals surface area (Å²) in [6, 6.07) is 3.32. The molecule has 0 aliphatic carbocycles. The van der Waals surface area contributed by atoms with Gasteiger partial charge in [0.05, 0.1) is 24.2 Å². The van der Waals surface area contributed by atoms with E-state index in [1.807, 2.05) is 0 Å². The highest BCUT2D eigenvalue weighted by Gasteiger charge is 2.30. The average Bonchev–Trinajstić information content (AvgIpc) is 2.28. The van der Waals surface area contributed by atoms with Crippen LogP contribution in [-0.4, -0.2) is 19.2 Å². The molecule has 2 rings (SSSR count). The number of halogens is 2. The van der Waals surface area contributed by atoms with Crippen molar-refractivity contribution in [2.75, 3.05) is 13.2 Å². The van der Waals surface area contributed by atoms with Crippen LogP contribution in [0.3, 0.4) is 0 Å². The first-order valence-corrected chi connectivity index (χ1v) is 6.17. The molecule has 17 heavy (non-hydrogen) atoms. The lowest BCUT2D eigenvalue weighted by atomic mass is 9.93. The van der Waals surface area contributed by atoms with Crippen molar-refractivity contribution in [2.24, 2.45) is 0 Å². The molecule has 1 atom stereocenters. The minimum atomic E-state index is -0.338. The molecular formula is C12H12Cl2O3. The molecule has 1 unspecified atom stereocenters. The second-order valence-electron chi connectivity index (χ2n) is 3.75. The number of benzene rings is 1. The van der Waals surface area contributed by atoms with Gasteiger partial charge < -0.3 is 9.47 Å². The third kappa shape index (κ3) is 2.50. The van der Waals surface area contributed by atoms with Crippen molar-refractivity contribution in [1.29, 1.82) is 0 Å². The molecule has 5 heteroatoms. The van der Waals surface area contributed by atoms with Crippen LogP contribution in [0.15, 0.2) is 12.1 Å². The van der Waals surface area contributed by atoms with Gasteiger partial charge >= 0.3 is 5.97 Å². The van der Waals surface area contributed by atoms with Crippen molar-refractivity contribution in [3.8, 4) is 5.75 Å². The molecule has 0 amide bonds. The highest BCUT2D eigenvalue weighted by Crippen LogP contribution is 2.41. The zero-order valence-corrected chi connectivity index (χ0v) is 10.8. The summed E-state index contributed by atoms with van der Waals surface area (Å²) in [4.78, 5) is 11.8. The molecule has 1 aromatic carbocycles. The number of esters is 1. The minimum Gasteiger partial charge on any atom is -0.492 e. The predicted octanol–water partition coefficient (Wildman–Crippen LogP) is 3.42. The number of carbonyl (C=O) groups is 1. The summed E-state index contributed by atoms with van der Waals surface area (Å²) < 4.78 is 10.5. The van der Waals surface area contributed by atoms with Crippen LogP contribution in [0, 0.1) is 0 Å². The van der Waals surface area contributed by atoms with E-state index in [-0.39, 0.29) is 11.9 Å². The van der Waals surface area contributed by atoms with E-state index in [1.165, 1.54) is 0 Å². The fraction of sp³-hybridized carbons (Fsp3) is 0.417. The monoisotopic (exact) mass is 274 g/mol. The molecule has 0 bridgehead atoms. The summed E-state index contributed by atoms with van der Waals surface area (Å²) in [6.45, 7) is 2.60. The normalized spacial score (nSPS) is 18.2. The van der Waals surface area contributed by atoms with Crippen molar-refractivity contribution in [1.82, 2.24) is 0 Å². The Kier molecular flexibility index (Phi) is 3.79. The van der Waals surface area contributed by atoms with Gasteiger partial charge in [-0.05, 0) is 25.5 Å². The van der Waals surface area contributed by atoms with E-state index in [0.29, 0.717) is 41.0 Å². The van der Waals surface area contributed by atoms with Crippen LogP contribution in [-0.2, 0) is 9.53 Å². The van der Waals surface area contributed by atoms with E-state index in [4.69, 9.17) is 32.7 Å². The zero-order valence-electron chi connectivity index (χ0n) is 9.33. The smallest absolute Gasteiger partial charge is 0.313 e. The van der Waals surface area contributed by atoms with E-state index >= 15 is 0 Å². The highest BCUT2D eigenvalue weighted by molar-refractivity contribution is 6.35. The van der Waals surface area contributed by atoms with Crippen LogP contribution >= 0.6 is 23.2 Å². The van der Waals surface area contributed by atoms with Crippen molar-refractivity contribution >= 4 is 29.2 Å². The summed E-state index contributed by atoms with van der Waals surface area (Å²) in [5.74, 6) is -0.0503. The Morgan fingerprint density at radius 1 is 1.53 bits per heavy atom. The first-order chi connectivity index (χ1) is 8.13. The lowest BCUT2D eigenvalue weighted by Crippen LogP contribution is -2.23. The quantitative estimate of drug-likeness (QED) is 0.776. The number of hydrogen-bond acceptors (Lipinski definition) is 3. The van der Waals surface area contributed by atoms with Crippen LogP contribution in [0.4, 0.5) is 0 Å². The lowest BCUT2D eigenvalue weighted by molar-refractivity contribution is -0.145. The van der Waals surface area contributed by atoms with Crippen molar-refractivity contribution in [2.45, 2.75) is 19.3 Å². The summed E-state index contributed by atoms with van der Waals surface area (Å²) in [5.41, 5.74) is 0.715. The van der Waals surface area contributed by atoms with Gasteiger partial charge in [-0.3, -0.25) is 4.79 Å². The topological polar surface area (TPSA) is 35.5 Å². The Morgan fingerprint density at radius 2 is 2.29 bits per heavy atom. The molecule has 92 valence electrons. The molecule has 1 aromatic rings. The number of rotatable bonds is 2. The molecule has 3 nitrogen and oxygen atoms in total. The molecule has 0 radical (unpaired) electrons. The van der Waals surface area contributed by atoms with Crippen LogP contribution in [0.25, 0.3) is 0 Å². The fourth-order valence-electron chi connectivity index (χ4n) is 1.91. The maximum absolute atomic E-state index is 11.8. The Morgan fingerprint density at radius 3 is 3.00 bits per heavy atom. The van der Waals surface area contributed by atoms with Gasteiger partial charge in [0.2, 0.25) is 0 Å². The standard InChI is InChI=1S/C12H12Cl2O3/c1-2-16-12(15)8-3-4-17-11-9(8)5-7(13)6-10(11)14/h5-6,8H,2-4H2,1H3. The lowest BCUT2D eigenvalue weighted by Gasteiger charge is -2.25. The van der Waals surface area contributed by atoms with E-state index in [0.717, 1.165) is 0 Å². The van der Waals surface area contributed by atoms with Gasteiger partial charge in [-0.25, -0.2) is 0 Å². The maximum Gasteiger partial charge on any atom is 0.313 e. The van der Waals surface area contributed by atoms with E-state index in [9.17, 15) is 4.79 Å². The Bertz CT molecular complexity index is 446. The third-order valence-electron chi connectivity index (χ3n) is 2.64. The molecule has 0 spiro atoms. The van der Waals surface area contributed by atoms with E-state index in [2.05, 4.69) is 0 Å². The molecule has 0 fully saturated rings. The van der Waals surface area contributed by atoms with Crippen molar-refractivity contribution in [3.05, 3.63) is 27.7 Å². The zero-order chi connectivity index (χ0) is 12.4. The summed E-state index contributed by atoms with van der Waals surface area (Å²) >= 11 is 12.0. The fourth-order valence-corrected chi connectivity index (χ4v) is 2.48. The summed E-state index contributed by atoms with van der Waals surface area (Å²) in [5, 5.41) is 0.926. The molecule has 0 N–H and O–H groups in total. The SMILES string of the molecule is CCOC(=O)C1CCOc2c(Cl)cc(Cl)cc21. The second kappa shape index (κ2) is 5.15. The predicted molar refractivity (Wildman–Crippen MR) is 65.9 cm³/mol. The van der Waals surface area contributed by atoms with Crippen molar-refractivity contribution in [3.63, 3.8) is 0 Å². The largest absolute Gasteiger partial charge is 0.492 e. The van der Waals surface area contributed by atoms with Gasteiger partial charge in [-0.2, -0.15) is 0 Å². The van der Waals surface area contributed by atoms with Gasteiger partial charge in [-0.1, -0.05) is 23.2 Å². The Balaban J connectivity index is 2.40. The molecule has 1 aliphatic rings. The van der Waals surface area contributed by atoms with E-state index in [1.54, 1.807) is 19.1 Å². The molecular weight excluding hydrogens is 263 g/mol. The highest BCUT2D eigenvalue weighted by atomic mass is 35.5. The number of fused-ring (bicyclic) bond motifs is 1. The Hall–Kier alpha value is -0.930. The van der Waals surface area contributed by atoms with Crippen LogP contribution in [0.5, 0.6) is 5.75 Å². The number of carbonyl (C=O) groups excluding carboxylic acids is 1. The summed E-state index contributed by atoms with van der Waals surface area (Å²) in [7, 11) is 0. The van der Waals surface area contributed by atoms with E-state index < -0.39 is 0 Å². The first kappa shape index (κ1) is 12.5. The van der Waals surface area contributed by atoms with Crippen molar-refractivity contribution < 1.29 is 14.3 Å². The molecule has 1 heterocycles. The molecule has 0 saturated carbocycles. The minimum absolute atomic E-state index is 0.254. The number of hydrogen-bond donors (Lipinski definition) is 0. The van der Waals surface area contributed by atoms with Gasteiger partial charge in [0.15, 0.2) is 0 Å². The Labute approximate surface area is 110 Å². The third-order valence-corrected chi connectivity index (χ3v) is 3.14. The second-order valence-corrected chi connectivity index (χ2v) is 4.59. The van der Waals surface area contributed by atoms with Gasteiger partial charge in [0.1, 0.15) is 5.75 Å².